The predicted molar refractivity (Wildman–Crippen MR) is 114 cm³/mol. The highest BCUT2D eigenvalue weighted by Crippen LogP contribution is 2.16. The maximum Gasteiger partial charge on any atom is 0.328 e. The third-order valence-corrected chi connectivity index (χ3v) is 5.43. The number of aromatic nitrogens is 2. The fourth-order valence-corrected chi connectivity index (χ4v) is 3.60. The first-order chi connectivity index (χ1) is 13.5. The van der Waals surface area contributed by atoms with Gasteiger partial charge in [0.25, 0.3) is 0 Å². The second-order valence-electron chi connectivity index (χ2n) is 7.41. The molecule has 0 unspecified atom stereocenters. The van der Waals surface area contributed by atoms with E-state index in [1.807, 2.05) is 18.2 Å². The molecule has 5 heteroatoms. The number of carbonyl (C=O) groups excluding carboxylic acids is 1. The van der Waals surface area contributed by atoms with Crippen molar-refractivity contribution in [3.05, 3.63) is 69.6 Å². The zero-order chi connectivity index (χ0) is 20.1. The van der Waals surface area contributed by atoms with E-state index in [-0.39, 0.29) is 11.5 Å². The molecule has 148 valence electrons. The molecule has 1 aromatic heterocycles. The summed E-state index contributed by atoms with van der Waals surface area (Å²) in [6.45, 7) is 4.02. The van der Waals surface area contributed by atoms with Crippen molar-refractivity contribution in [1.29, 1.82) is 0 Å². The number of fused-ring (bicyclic) bond motifs is 1. The van der Waals surface area contributed by atoms with Gasteiger partial charge in [-0.3, -0.25) is 13.9 Å². The maximum absolute atomic E-state index is 12.5. The molecule has 1 N–H and O–H groups in total. The van der Waals surface area contributed by atoms with Crippen LogP contribution in [0.25, 0.3) is 11.0 Å². The van der Waals surface area contributed by atoms with E-state index in [9.17, 15) is 9.59 Å². The second kappa shape index (κ2) is 9.02. The highest BCUT2D eigenvalue weighted by molar-refractivity contribution is 5.98. The molecule has 0 amide bonds. The molecule has 3 aromatic rings. The Morgan fingerprint density at radius 2 is 1.71 bits per heavy atom. The monoisotopic (exact) mass is 379 g/mol. The molecule has 0 radical (unpaired) electrons. The number of hydrogen-bond acceptors (Lipinski definition) is 3. The first-order valence-corrected chi connectivity index (χ1v) is 9.93. The molecular weight excluding hydrogens is 350 g/mol. The number of benzene rings is 2. The van der Waals surface area contributed by atoms with Gasteiger partial charge in [-0.05, 0) is 68.6 Å². The van der Waals surface area contributed by atoms with E-state index in [0.29, 0.717) is 12.0 Å². The van der Waals surface area contributed by atoms with Crippen LogP contribution in [-0.4, -0.2) is 28.0 Å². The zero-order valence-corrected chi connectivity index (χ0v) is 17.0. The predicted octanol–water partition coefficient (Wildman–Crippen LogP) is 3.37. The second-order valence-corrected chi connectivity index (χ2v) is 7.41. The fraction of sp³-hybridized carbons (Fsp3) is 0.391. The number of carbonyl (C=O) groups is 1. The number of rotatable bonds is 9. The average molecular weight is 380 g/mol. The number of nitrogens with one attached hydrogen (secondary N) is 1. The largest absolute Gasteiger partial charge is 0.328 e. The van der Waals surface area contributed by atoms with Crippen LogP contribution in [0.15, 0.2) is 47.3 Å². The zero-order valence-electron chi connectivity index (χ0n) is 17.0. The summed E-state index contributed by atoms with van der Waals surface area (Å²) in [5.74, 6) is 0.137. The number of unbranched alkanes of at least 4 members (excludes halogenated alkanes) is 1. The molecule has 1 heterocycles. The Morgan fingerprint density at radius 1 is 0.964 bits per heavy atom. The van der Waals surface area contributed by atoms with Crippen molar-refractivity contribution in [2.75, 3.05) is 13.1 Å². The first kappa shape index (κ1) is 20.1. The normalized spacial score (nSPS) is 11.2. The molecule has 5 nitrogen and oxygen atoms in total. The van der Waals surface area contributed by atoms with Crippen LogP contribution >= 0.6 is 0 Å². The maximum atomic E-state index is 12.5. The van der Waals surface area contributed by atoms with Gasteiger partial charge in [0, 0.05) is 26.1 Å². The van der Waals surface area contributed by atoms with Gasteiger partial charge in [-0.2, -0.15) is 0 Å². The summed E-state index contributed by atoms with van der Waals surface area (Å²) in [5.41, 5.74) is 4.98. The quantitative estimate of drug-likeness (QED) is 0.458. The van der Waals surface area contributed by atoms with Gasteiger partial charge < -0.3 is 5.32 Å². The lowest BCUT2D eigenvalue weighted by atomic mass is 10.0. The standard InChI is InChI=1S/C23H29N3O2/c1-17-8-4-5-9-18(17)13-15-24-14-7-6-10-22(27)19-11-12-20-21(16-19)26(3)23(28)25(20)2/h4-5,8-9,11-12,16,24H,6-7,10,13-15H2,1-3H3. The number of hydrogen-bond donors (Lipinski definition) is 1. The molecule has 0 aliphatic carbocycles. The van der Waals surface area contributed by atoms with E-state index >= 15 is 0 Å². The van der Waals surface area contributed by atoms with Crippen molar-refractivity contribution in [2.24, 2.45) is 14.1 Å². The highest BCUT2D eigenvalue weighted by Gasteiger charge is 2.11. The molecule has 3 rings (SSSR count). The van der Waals surface area contributed by atoms with Crippen LogP contribution in [0.3, 0.4) is 0 Å². The summed E-state index contributed by atoms with van der Waals surface area (Å²) in [4.78, 5) is 24.5. The number of aryl methyl sites for hydroxylation is 3. The van der Waals surface area contributed by atoms with E-state index in [4.69, 9.17) is 0 Å². The Balaban J connectivity index is 1.42. The molecule has 0 aliphatic heterocycles. The van der Waals surface area contributed by atoms with E-state index in [1.165, 1.54) is 11.1 Å². The van der Waals surface area contributed by atoms with Gasteiger partial charge in [0.05, 0.1) is 11.0 Å². The fourth-order valence-electron chi connectivity index (χ4n) is 3.60. The van der Waals surface area contributed by atoms with Crippen LogP contribution in [0.2, 0.25) is 0 Å². The number of Topliss-reactive ketones (excluding diaryl/α,β-unsaturated/α-hetero) is 1. The van der Waals surface area contributed by atoms with Crippen molar-refractivity contribution >= 4 is 16.8 Å². The molecule has 0 aliphatic rings. The van der Waals surface area contributed by atoms with Crippen LogP contribution in [0.1, 0.15) is 40.7 Å². The number of imidazole rings is 1. The van der Waals surface area contributed by atoms with Gasteiger partial charge >= 0.3 is 5.69 Å². The van der Waals surface area contributed by atoms with E-state index < -0.39 is 0 Å². The van der Waals surface area contributed by atoms with Gasteiger partial charge in [0.15, 0.2) is 5.78 Å². The summed E-state index contributed by atoms with van der Waals surface area (Å²) in [5, 5.41) is 3.46. The van der Waals surface area contributed by atoms with Crippen molar-refractivity contribution in [2.45, 2.75) is 32.6 Å². The van der Waals surface area contributed by atoms with Gasteiger partial charge in [-0.15, -0.1) is 0 Å². The minimum Gasteiger partial charge on any atom is -0.316 e. The van der Waals surface area contributed by atoms with Gasteiger partial charge in [0.1, 0.15) is 0 Å². The minimum absolute atomic E-state index is 0.0728. The Hall–Kier alpha value is -2.66. The molecule has 28 heavy (non-hydrogen) atoms. The van der Waals surface area contributed by atoms with Gasteiger partial charge in [-0.25, -0.2) is 4.79 Å². The van der Waals surface area contributed by atoms with E-state index in [1.54, 1.807) is 23.2 Å². The Labute approximate surface area is 166 Å². The topological polar surface area (TPSA) is 56.0 Å². The lowest BCUT2D eigenvalue weighted by Crippen LogP contribution is -2.19. The molecule has 2 aromatic carbocycles. The Kier molecular flexibility index (Phi) is 6.47. The van der Waals surface area contributed by atoms with Crippen LogP contribution < -0.4 is 11.0 Å². The molecule has 0 fully saturated rings. The molecule has 0 saturated carbocycles. The van der Waals surface area contributed by atoms with Crippen LogP contribution in [0.5, 0.6) is 0 Å². The minimum atomic E-state index is -0.0728. The molecular formula is C23H29N3O2. The number of nitrogens with zero attached hydrogens (tertiary/aromatic N) is 2. The molecule has 0 bridgehead atoms. The van der Waals surface area contributed by atoms with Gasteiger partial charge in [-0.1, -0.05) is 24.3 Å². The third-order valence-electron chi connectivity index (χ3n) is 5.43. The summed E-state index contributed by atoms with van der Waals surface area (Å²) < 4.78 is 3.19. The molecule has 0 spiro atoms. The summed E-state index contributed by atoms with van der Waals surface area (Å²) in [6, 6.07) is 14.0. The van der Waals surface area contributed by atoms with Crippen LogP contribution in [0, 0.1) is 6.92 Å². The summed E-state index contributed by atoms with van der Waals surface area (Å²) in [7, 11) is 3.49. The van der Waals surface area contributed by atoms with E-state index in [0.717, 1.165) is 43.4 Å². The van der Waals surface area contributed by atoms with Crippen molar-refractivity contribution in [3.8, 4) is 0 Å². The number of ketones is 1. The van der Waals surface area contributed by atoms with E-state index in [2.05, 4.69) is 36.5 Å². The smallest absolute Gasteiger partial charge is 0.316 e. The summed E-state index contributed by atoms with van der Waals surface area (Å²) >= 11 is 0. The van der Waals surface area contributed by atoms with Gasteiger partial charge in [0.2, 0.25) is 0 Å². The van der Waals surface area contributed by atoms with Crippen molar-refractivity contribution in [1.82, 2.24) is 14.5 Å². The molecule has 0 saturated heterocycles. The summed E-state index contributed by atoms with van der Waals surface area (Å²) in [6.07, 6.45) is 3.40. The SMILES string of the molecule is Cc1ccccc1CCNCCCCC(=O)c1ccc2c(c1)n(C)c(=O)n2C. The Morgan fingerprint density at radius 3 is 2.50 bits per heavy atom. The van der Waals surface area contributed by atoms with Crippen molar-refractivity contribution in [3.63, 3.8) is 0 Å². The van der Waals surface area contributed by atoms with Crippen LogP contribution in [-0.2, 0) is 20.5 Å². The lowest BCUT2D eigenvalue weighted by Gasteiger charge is -2.07. The Bertz CT molecular complexity index is 1030. The van der Waals surface area contributed by atoms with Crippen LogP contribution in [0.4, 0.5) is 0 Å². The first-order valence-electron chi connectivity index (χ1n) is 9.93. The average Bonchev–Trinajstić information content (AvgIpc) is 2.92. The third kappa shape index (κ3) is 4.42. The lowest BCUT2D eigenvalue weighted by molar-refractivity contribution is 0.0979. The highest BCUT2D eigenvalue weighted by atomic mass is 16.1. The van der Waals surface area contributed by atoms with Crippen molar-refractivity contribution < 1.29 is 4.79 Å². The molecule has 0 atom stereocenters.